The van der Waals surface area contributed by atoms with E-state index in [1.807, 2.05) is 31.2 Å². The van der Waals surface area contributed by atoms with E-state index in [1.54, 1.807) is 25.2 Å². The zero-order valence-corrected chi connectivity index (χ0v) is 13.9. The van der Waals surface area contributed by atoms with Gasteiger partial charge in [0.2, 0.25) is 5.91 Å². The number of hydrogen-bond donors (Lipinski definition) is 1. The summed E-state index contributed by atoms with van der Waals surface area (Å²) in [5.41, 5.74) is 2.13. The Morgan fingerprint density at radius 3 is 2.83 bits per heavy atom. The number of carbonyl (C=O) groups excluding carboxylic acids is 2. The van der Waals surface area contributed by atoms with Crippen LogP contribution in [0.15, 0.2) is 30.5 Å². The van der Waals surface area contributed by atoms with Gasteiger partial charge in [-0.05, 0) is 25.0 Å². The van der Waals surface area contributed by atoms with E-state index in [9.17, 15) is 9.59 Å². The van der Waals surface area contributed by atoms with E-state index in [0.29, 0.717) is 5.82 Å². The predicted molar refractivity (Wildman–Crippen MR) is 89.8 cm³/mol. The van der Waals surface area contributed by atoms with Crippen LogP contribution in [-0.4, -0.2) is 52.0 Å². The summed E-state index contributed by atoms with van der Waals surface area (Å²) < 4.78 is 1.43. The monoisotopic (exact) mass is 328 g/mol. The first-order chi connectivity index (χ1) is 11.5. The number of urea groups is 1. The molecule has 1 aliphatic rings. The molecular formula is C16H20N6O2. The number of anilines is 2. The van der Waals surface area contributed by atoms with Crippen molar-refractivity contribution in [3.8, 4) is 0 Å². The lowest BCUT2D eigenvalue weighted by Crippen LogP contribution is -2.38. The Labute approximate surface area is 140 Å². The van der Waals surface area contributed by atoms with E-state index >= 15 is 0 Å². The molecule has 1 atom stereocenters. The van der Waals surface area contributed by atoms with Gasteiger partial charge in [-0.2, -0.15) is 0 Å². The molecular weight excluding hydrogens is 308 g/mol. The summed E-state index contributed by atoms with van der Waals surface area (Å²) in [5, 5.41) is 10.4. The SMILES string of the molecule is CC1Cc2ccccc2N1C(=O)Cn1cc(NC(=O)N(C)C)nn1. The second-order valence-corrected chi connectivity index (χ2v) is 6.07. The highest BCUT2D eigenvalue weighted by molar-refractivity contribution is 5.96. The van der Waals surface area contributed by atoms with Crippen LogP contribution < -0.4 is 10.2 Å². The highest BCUT2D eigenvalue weighted by Crippen LogP contribution is 2.31. The quantitative estimate of drug-likeness (QED) is 0.922. The molecule has 1 aromatic heterocycles. The molecule has 126 valence electrons. The first kappa shape index (κ1) is 16.0. The minimum atomic E-state index is -0.296. The van der Waals surface area contributed by atoms with Crippen molar-refractivity contribution in [2.24, 2.45) is 0 Å². The van der Waals surface area contributed by atoms with Crippen molar-refractivity contribution in [3.05, 3.63) is 36.0 Å². The van der Waals surface area contributed by atoms with E-state index in [-0.39, 0.29) is 24.5 Å². The van der Waals surface area contributed by atoms with Crippen molar-refractivity contribution in [2.45, 2.75) is 25.9 Å². The summed E-state index contributed by atoms with van der Waals surface area (Å²) in [4.78, 5) is 27.5. The molecule has 3 rings (SSSR count). The molecule has 1 unspecified atom stereocenters. The van der Waals surface area contributed by atoms with Gasteiger partial charge in [-0.25, -0.2) is 9.48 Å². The zero-order chi connectivity index (χ0) is 17.3. The van der Waals surface area contributed by atoms with Gasteiger partial charge in [-0.3, -0.25) is 10.1 Å². The van der Waals surface area contributed by atoms with Gasteiger partial charge in [-0.1, -0.05) is 23.4 Å². The zero-order valence-electron chi connectivity index (χ0n) is 13.9. The Hall–Kier alpha value is -2.90. The number of benzene rings is 1. The van der Waals surface area contributed by atoms with Gasteiger partial charge in [0.15, 0.2) is 5.82 Å². The van der Waals surface area contributed by atoms with Crippen LogP contribution in [-0.2, 0) is 17.8 Å². The number of carbonyl (C=O) groups is 2. The molecule has 0 spiro atoms. The van der Waals surface area contributed by atoms with Gasteiger partial charge in [0.25, 0.3) is 0 Å². The maximum Gasteiger partial charge on any atom is 0.322 e. The second-order valence-electron chi connectivity index (χ2n) is 6.07. The van der Waals surface area contributed by atoms with E-state index < -0.39 is 0 Å². The molecule has 1 aromatic carbocycles. The average Bonchev–Trinajstić information content (AvgIpc) is 3.09. The van der Waals surface area contributed by atoms with Gasteiger partial charge >= 0.3 is 6.03 Å². The van der Waals surface area contributed by atoms with E-state index in [4.69, 9.17) is 0 Å². The third kappa shape index (κ3) is 3.08. The fourth-order valence-corrected chi connectivity index (χ4v) is 2.81. The van der Waals surface area contributed by atoms with Gasteiger partial charge in [-0.15, -0.1) is 5.10 Å². The molecule has 2 aromatic rings. The molecule has 3 amide bonds. The predicted octanol–water partition coefficient (Wildman–Crippen LogP) is 1.35. The lowest BCUT2D eigenvalue weighted by molar-refractivity contribution is -0.119. The number of nitrogens with zero attached hydrogens (tertiary/aromatic N) is 5. The summed E-state index contributed by atoms with van der Waals surface area (Å²) in [6.45, 7) is 2.10. The third-order valence-corrected chi connectivity index (χ3v) is 3.95. The summed E-state index contributed by atoms with van der Waals surface area (Å²) >= 11 is 0. The molecule has 2 heterocycles. The van der Waals surface area contributed by atoms with Gasteiger partial charge in [0.1, 0.15) is 6.54 Å². The molecule has 0 saturated carbocycles. The van der Waals surface area contributed by atoms with Crippen LogP contribution in [0.5, 0.6) is 0 Å². The number of aromatic nitrogens is 3. The minimum absolute atomic E-state index is 0.0529. The summed E-state index contributed by atoms with van der Waals surface area (Å²) in [6.07, 6.45) is 2.40. The van der Waals surface area contributed by atoms with Gasteiger partial charge < -0.3 is 9.80 Å². The molecule has 0 radical (unpaired) electrons. The smallest absolute Gasteiger partial charge is 0.322 e. The van der Waals surface area contributed by atoms with Crippen molar-refractivity contribution >= 4 is 23.4 Å². The maximum absolute atomic E-state index is 12.7. The Kier molecular flexibility index (Phi) is 4.20. The van der Waals surface area contributed by atoms with Crippen molar-refractivity contribution in [1.29, 1.82) is 0 Å². The largest absolute Gasteiger partial charge is 0.331 e. The lowest BCUT2D eigenvalue weighted by Gasteiger charge is -2.22. The van der Waals surface area contributed by atoms with E-state index in [1.165, 1.54) is 15.1 Å². The normalized spacial score (nSPS) is 16.0. The standard InChI is InChI=1S/C16H20N6O2/c1-11-8-12-6-4-5-7-13(12)22(11)15(23)10-21-9-14(18-19-21)17-16(24)20(2)3/h4-7,9,11H,8,10H2,1-3H3,(H,17,24). The fourth-order valence-electron chi connectivity index (χ4n) is 2.81. The van der Waals surface area contributed by atoms with Crippen molar-refractivity contribution in [1.82, 2.24) is 19.9 Å². The Bertz CT molecular complexity index is 769. The molecule has 8 heteroatoms. The van der Waals surface area contributed by atoms with Crippen LogP contribution >= 0.6 is 0 Å². The highest BCUT2D eigenvalue weighted by Gasteiger charge is 2.30. The molecule has 1 aliphatic heterocycles. The maximum atomic E-state index is 12.7. The molecule has 8 nitrogen and oxygen atoms in total. The molecule has 1 N–H and O–H groups in total. The average molecular weight is 328 g/mol. The van der Waals surface area contributed by atoms with Crippen LogP contribution in [0.4, 0.5) is 16.3 Å². The molecule has 24 heavy (non-hydrogen) atoms. The summed E-state index contributed by atoms with van der Waals surface area (Å²) in [5.74, 6) is 0.263. The van der Waals surface area contributed by atoms with Crippen molar-refractivity contribution in [3.63, 3.8) is 0 Å². The highest BCUT2D eigenvalue weighted by atomic mass is 16.2. The summed E-state index contributed by atoms with van der Waals surface area (Å²) in [6, 6.07) is 7.74. The topological polar surface area (TPSA) is 83.4 Å². The van der Waals surface area contributed by atoms with E-state index in [2.05, 4.69) is 15.6 Å². The van der Waals surface area contributed by atoms with Gasteiger partial charge in [0.05, 0.1) is 6.20 Å². The van der Waals surface area contributed by atoms with Crippen LogP contribution in [0.1, 0.15) is 12.5 Å². The van der Waals surface area contributed by atoms with Crippen LogP contribution in [0.2, 0.25) is 0 Å². The lowest BCUT2D eigenvalue weighted by atomic mass is 10.1. The fraction of sp³-hybridized carbons (Fsp3) is 0.375. The number of fused-ring (bicyclic) bond motifs is 1. The van der Waals surface area contributed by atoms with Crippen LogP contribution in [0.25, 0.3) is 0 Å². The molecule has 0 aliphatic carbocycles. The summed E-state index contributed by atoms with van der Waals surface area (Å²) in [7, 11) is 3.27. The van der Waals surface area contributed by atoms with Crippen LogP contribution in [0, 0.1) is 0 Å². The van der Waals surface area contributed by atoms with Crippen molar-refractivity contribution < 1.29 is 9.59 Å². The number of nitrogens with one attached hydrogen (secondary N) is 1. The Morgan fingerprint density at radius 1 is 1.33 bits per heavy atom. The number of amides is 3. The van der Waals surface area contributed by atoms with Crippen molar-refractivity contribution in [2.75, 3.05) is 24.3 Å². The minimum Gasteiger partial charge on any atom is -0.331 e. The van der Waals surface area contributed by atoms with E-state index in [0.717, 1.165) is 12.1 Å². The first-order valence-corrected chi connectivity index (χ1v) is 7.74. The third-order valence-electron chi connectivity index (χ3n) is 3.95. The molecule has 0 fully saturated rings. The second kappa shape index (κ2) is 6.31. The number of hydrogen-bond acceptors (Lipinski definition) is 4. The number of rotatable bonds is 3. The van der Waals surface area contributed by atoms with Gasteiger partial charge in [0, 0.05) is 25.8 Å². The molecule has 0 bridgehead atoms. The first-order valence-electron chi connectivity index (χ1n) is 7.74. The van der Waals surface area contributed by atoms with Crippen LogP contribution in [0.3, 0.4) is 0 Å². The number of para-hydroxylation sites is 1. The molecule has 0 saturated heterocycles. The Balaban J connectivity index is 1.70. The Morgan fingerprint density at radius 2 is 2.08 bits per heavy atom.